The molecular formula is C25H32FNO4. The van der Waals surface area contributed by atoms with E-state index in [1.807, 2.05) is 44.2 Å². The quantitative estimate of drug-likeness (QED) is 0.623. The summed E-state index contributed by atoms with van der Waals surface area (Å²) < 4.78 is 25.7. The lowest BCUT2D eigenvalue weighted by molar-refractivity contribution is -0.151. The predicted octanol–water partition coefficient (Wildman–Crippen LogP) is 5.42. The third-order valence-corrected chi connectivity index (χ3v) is 4.79. The second-order valence-electron chi connectivity index (χ2n) is 8.92. The minimum Gasteiger partial charge on any atom is -0.460 e. The topological polar surface area (TPSA) is 64.6 Å². The number of carbonyl (C=O) groups excluding carboxylic acids is 2. The highest BCUT2D eigenvalue weighted by Crippen LogP contribution is 2.32. The van der Waals surface area contributed by atoms with Crippen molar-refractivity contribution in [2.24, 2.45) is 0 Å². The molecule has 2 rings (SSSR count). The van der Waals surface area contributed by atoms with Gasteiger partial charge in [-0.1, -0.05) is 42.0 Å². The molecule has 0 saturated heterocycles. The summed E-state index contributed by atoms with van der Waals surface area (Å²) in [7, 11) is 0. The number of nitrogens with one attached hydrogen (secondary N) is 1. The van der Waals surface area contributed by atoms with E-state index >= 15 is 0 Å². The Hall–Kier alpha value is -2.89. The van der Waals surface area contributed by atoms with Crippen LogP contribution in [-0.2, 0) is 14.3 Å². The first-order valence-electron chi connectivity index (χ1n) is 10.4. The van der Waals surface area contributed by atoms with Crippen molar-refractivity contribution in [2.75, 3.05) is 0 Å². The van der Waals surface area contributed by atoms with Crippen LogP contribution in [-0.4, -0.2) is 29.8 Å². The van der Waals surface area contributed by atoms with Crippen LogP contribution in [0, 0.1) is 19.7 Å². The molecule has 0 aromatic heterocycles. The molecule has 31 heavy (non-hydrogen) atoms. The van der Waals surface area contributed by atoms with Gasteiger partial charge in [-0.25, -0.2) is 14.0 Å². The molecule has 168 valence electrons. The number of hydrogen-bond acceptors (Lipinski definition) is 4. The first-order chi connectivity index (χ1) is 14.4. The van der Waals surface area contributed by atoms with Gasteiger partial charge in [0.05, 0.1) is 0 Å². The van der Waals surface area contributed by atoms with Crippen LogP contribution in [0.3, 0.4) is 0 Å². The highest BCUT2D eigenvalue weighted by Gasteiger charge is 2.30. The largest absolute Gasteiger partial charge is 0.460 e. The lowest BCUT2D eigenvalue weighted by atomic mass is 9.86. The molecule has 5 nitrogen and oxygen atoms in total. The van der Waals surface area contributed by atoms with Gasteiger partial charge in [0.2, 0.25) is 0 Å². The second kappa shape index (κ2) is 9.94. The molecule has 2 aromatic carbocycles. The van der Waals surface area contributed by atoms with Crippen LogP contribution in [0.5, 0.6) is 0 Å². The van der Waals surface area contributed by atoms with E-state index in [9.17, 15) is 14.0 Å². The molecular weight excluding hydrogens is 397 g/mol. The number of amides is 1. The van der Waals surface area contributed by atoms with Crippen LogP contribution in [0.2, 0.25) is 0 Å². The molecule has 0 heterocycles. The van der Waals surface area contributed by atoms with Crippen LogP contribution in [0.15, 0.2) is 42.5 Å². The highest BCUT2D eigenvalue weighted by molar-refractivity contribution is 5.81. The molecule has 0 aliphatic heterocycles. The maximum Gasteiger partial charge on any atom is 0.408 e. The summed E-state index contributed by atoms with van der Waals surface area (Å²) in [5.74, 6) is -1.48. The average Bonchev–Trinajstić information content (AvgIpc) is 2.63. The fraction of sp³-hybridized carbons (Fsp3) is 0.440. The molecule has 0 radical (unpaired) electrons. The van der Waals surface area contributed by atoms with Gasteiger partial charge in [0, 0.05) is 5.92 Å². The van der Waals surface area contributed by atoms with Crippen LogP contribution in [0.1, 0.15) is 62.8 Å². The van der Waals surface area contributed by atoms with E-state index < -0.39 is 35.7 Å². The molecule has 1 N–H and O–H groups in total. The first kappa shape index (κ1) is 24.4. The number of halogens is 1. The number of aryl methyl sites for hydroxylation is 2. The third kappa shape index (κ3) is 7.09. The molecule has 1 amide bonds. The highest BCUT2D eigenvalue weighted by atomic mass is 19.1. The van der Waals surface area contributed by atoms with Crippen molar-refractivity contribution < 1.29 is 23.5 Å². The van der Waals surface area contributed by atoms with Crippen molar-refractivity contribution >= 4 is 12.1 Å². The van der Waals surface area contributed by atoms with Crippen LogP contribution >= 0.6 is 0 Å². The van der Waals surface area contributed by atoms with Crippen LogP contribution < -0.4 is 5.32 Å². The van der Waals surface area contributed by atoms with E-state index in [-0.39, 0.29) is 5.82 Å². The van der Waals surface area contributed by atoms with Gasteiger partial charge in [-0.15, -0.1) is 0 Å². The molecule has 0 saturated carbocycles. The van der Waals surface area contributed by atoms with Gasteiger partial charge in [0.1, 0.15) is 23.6 Å². The fourth-order valence-corrected chi connectivity index (χ4v) is 3.26. The van der Waals surface area contributed by atoms with E-state index in [0.29, 0.717) is 5.56 Å². The molecule has 2 aromatic rings. The SMILES string of the molecule is Cc1ccc([C@H](c2ccc(C)cc2F)[C@H](C)OC(=O)[C@H](C)NC(=O)OC(C)(C)C)cc1. The average molecular weight is 430 g/mol. The number of alkyl carbamates (subject to hydrolysis) is 1. The van der Waals surface area contributed by atoms with Crippen LogP contribution in [0.4, 0.5) is 9.18 Å². The van der Waals surface area contributed by atoms with Crippen LogP contribution in [0.25, 0.3) is 0 Å². The summed E-state index contributed by atoms with van der Waals surface area (Å²) in [4.78, 5) is 24.6. The lowest BCUT2D eigenvalue weighted by Gasteiger charge is -2.27. The Bertz CT molecular complexity index is 918. The first-order valence-corrected chi connectivity index (χ1v) is 10.4. The Morgan fingerprint density at radius 2 is 1.55 bits per heavy atom. The summed E-state index contributed by atoms with van der Waals surface area (Å²) >= 11 is 0. The minimum absolute atomic E-state index is 0.353. The van der Waals surface area contributed by atoms with E-state index in [2.05, 4.69) is 5.32 Å². The molecule has 6 heteroatoms. The van der Waals surface area contributed by atoms with Gasteiger partial charge in [-0.05, 0) is 71.2 Å². The van der Waals surface area contributed by atoms with Gasteiger partial charge in [-0.3, -0.25) is 0 Å². The molecule has 3 atom stereocenters. The van der Waals surface area contributed by atoms with Gasteiger partial charge >= 0.3 is 12.1 Å². The van der Waals surface area contributed by atoms with E-state index in [0.717, 1.165) is 16.7 Å². The van der Waals surface area contributed by atoms with Gasteiger partial charge in [0.15, 0.2) is 0 Å². The Kier molecular flexibility index (Phi) is 7.82. The Balaban J connectivity index is 2.23. The van der Waals surface area contributed by atoms with Crippen molar-refractivity contribution in [2.45, 2.75) is 72.1 Å². The zero-order chi connectivity index (χ0) is 23.3. The number of esters is 1. The number of hydrogen-bond donors (Lipinski definition) is 1. The fourth-order valence-electron chi connectivity index (χ4n) is 3.26. The summed E-state index contributed by atoms with van der Waals surface area (Å²) in [6, 6.07) is 11.8. The van der Waals surface area contributed by atoms with E-state index in [4.69, 9.17) is 9.47 Å². The van der Waals surface area contributed by atoms with Gasteiger partial charge in [-0.2, -0.15) is 0 Å². The number of benzene rings is 2. The molecule has 0 bridgehead atoms. The number of ether oxygens (including phenoxy) is 2. The van der Waals surface area contributed by atoms with Crippen molar-refractivity contribution in [1.82, 2.24) is 5.32 Å². The standard InChI is InChI=1S/C25H32FNO4/c1-15-8-11-19(12-9-15)22(20-13-10-16(2)14-21(20)26)18(4)30-23(28)17(3)27-24(29)31-25(5,6)7/h8-14,17-18,22H,1-7H3,(H,27,29)/t17-,18-,22+/m0/s1. The maximum absolute atomic E-state index is 14.8. The van der Waals surface area contributed by atoms with Crippen molar-refractivity contribution in [3.8, 4) is 0 Å². The monoisotopic (exact) mass is 429 g/mol. The third-order valence-electron chi connectivity index (χ3n) is 4.79. The van der Waals surface area contributed by atoms with E-state index in [1.54, 1.807) is 33.8 Å². The molecule has 0 spiro atoms. The summed E-state index contributed by atoms with van der Waals surface area (Å²) in [6.45, 7) is 12.2. The van der Waals surface area contributed by atoms with Crippen molar-refractivity contribution in [1.29, 1.82) is 0 Å². The zero-order valence-electron chi connectivity index (χ0n) is 19.3. The Morgan fingerprint density at radius 1 is 0.968 bits per heavy atom. The molecule has 0 aliphatic rings. The summed E-state index contributed by atoms with van der Waals surface area (Å²) in [5, 5.41) is 2.48. The normalized spacial score (nSPS) is 14.3. The Labute approximate surface area is 183 Å². The lowest BCUT2D eigenvalue weighted by Crippen LogP contribution is -2.43. The zero-order valence-corrected chi connectivity index (χ0v) is 19.3. The molecule has 0 aliphatic carbocycles. The van der Waals surface area contributed by atoms with E-state index in [1.165, 1.54) is 13.0 Å². The predicted molar refractivity (Wildman–Crippen MR) is 119 cm³/mol. The number of rotatable bonds is 6. The smallest absolute Gasteiger partial charge is 0.408 e. The maximum atomic E-state index is 14.8. The van der Waals surface area contributed by atoms with Crippen molar-refractivity contribution in [3.05, 3.63) is 70.5 Å². The Morgan fingerprint density at radius 3 is 2.10 bits per heavy atom. The van der Waals surface area contributed by atoms with Gasteiger partial charge in [0.25, 0.3) is 0 Å². The van der Waals surface area contributed by atoms with Gasteiger partial charge < -0.3 is 14.8 Å². The van der Waals surface area contributed by atoms with Crippen molar-refractivity contribution in [3.63, 3.8) is 0 Å². The number of carbonyl (C=O) groups is 2. The molecule has 0 fully saturated rings. The summed E-state index contributed by atoms with van der Waals surface area (Å²) in [6.07, 6.45) is -1.38. The molecule has 0 unspecified atom stereocenters. The summed E-state index contributed by atoms with van der Waals surface area (Å²) in [5.41, 5.74) is 2.49. The second-order valence-corrected chi connectivity index (χ2v) is 8.92. The minimum atomic E-state index is -0.918.